The molecular formula is C12H29N2P. The van der Waals surface area contributed by atoms with Crippen LogP contribution in [0, 0.1) is 5.92 Å². The van der Waals surface area contributed by atoms with E-state index in [1.165, 1.54) is 32.4 Å². The predicted molar refractivity (Wildman–Crippen MR) is 73.1 cm³/mol. The molecule has 0 bridgehead atoms. The smallest absolute Gasteiger partial charge is 0.0194 e. The zero-order chi connectivity index (χ0) is 11.7. The molecule has 1 rings (SSSR count). The lowest BCUT2D eigenvalue weighted by atomic mass is 10.0. The third-order valence-electron chi connectivity index (χ3n) is 2.98. The number of hydrogen-bond acceptors (Lipinski definition) is 2. The van der Waals surface area contributed by atoms with Gasteiger partial charge in [0.15, 0.2) is 0 Å². The lowest BCUT2D eigenvalue weighted by Crippen LogP contribution is -2.39. The standard InChI is InChI=1S/C10H23N2P.C2H6/c1-3-9(4-2)7-11-12-6-5-10(13)8-12;1-2/h9-11H,3-8,13H2,1-2H3;1-2H3. The van der Waals surface area contributed by atoms with Gasteiger partial charge in [-0.1, -0.05) is 40.5 Å². The van der Waals surface area contributed by atoms with Gasteiger partial charge in [-0.25, -0.2) is 5.01 Å². The van der Waals surface area contributed by atoms with Crippen molar-refractivity contribution < 1.29 is 0 Å². The predicted octanol–water partition coefficient (Wildman–Crippen LogP) is 2.90. The van der Waals surface area contributed by atoms with Crippen LogP contribution in [-0.4, -0.2) is 30.3 Å². The zero-order valence-electron chi connectivity index (χ0n) is 10.9. The van der Waals surface area contributed by atoms with E-state index in [-0.39, 0.29) is 0 Å². The van der Waals surface area contributed by atoms with Crippen molar-refractivity contribution in [3.8, 4) is 0 Å². The molecule has 0 saturated carbocycles. The van der Waals surface area contributed by atoms with Crippen molar-refractivity contribution in [3.63, 3.8) is 0 Å². The monoisotopic (exact) mass is 232 g/mol. The molecule has 0 radical (unpaired) electrons. The van der Waals surface area contributed by atoms with Gasteiger partial charge in [-0.05, 0) is 18.0 Å². The van der Waals surface area contributed by atoms with Gasteiger partial charge in [0.25, 0.3) is 0 Å². The second kappa shape index (κ2) is 9.57. The van der Waals surface area contributed by atoms with Crippen molar-refractivity contribution in [2.45, 2.75) is 52.6 Å². The third kappa shape index (κ3) is 6.50. The van der Waals surface area contributed by atoms with Gasteiger partial charge in [0.1, 0.15) is 0 Å². The molecule has 0 aliphatic carbocycles. The SMILES string of the molecule is CC.CCC(CC)CNN1CCC(P)C1. The van der Waals surface area contributed by atoms with E-state index in [9.17, 15) is 0 Å². The highest BCUT2D eigenvalue weighted by Gasteiger charge is 2.18. The highest BCUT2D eigenvalue weighted by Crippen LogP contribution is 2.15. The van der Waals surface area contributed by atoms with E-state index in [0.29, 0.717) is 0 Å². The van der Waals surface area contributed by atoms with Crippen molar-refractivity contribution in [3.05, 3.63) is 0 Å². The summed E-state index contributed by atoms with van der Waals surface area (Å²) in [6.45, 7) is 12.1. The molecule has 0 aromatic rings. The number of hydrazine groups is 1. The molecule has 1 saturated heterocycles. The van der Waals surface area contributed by atoms with E-state index in [1.807, 2.05) is 13.8 Å². The molecule has 0 aromatic heterocycles. The third-order valence-corrected chi connectivity index (χ3v) is 3.53. The molecule has 1 aliphatic heterocycles. The first-order chi connectivity index (χ1) is 7.26. The first-order valence-corrected chi connectivity index (χ1v) is 7.17. The lowest BCUT2D eigenvalue weighted by molar-refractivity contribution is 0.213. The van der Waals surface area contributed by atoms with Crippen LogP contribution in [0.15, 0.2) is 0 Å². The summed E-state index contributed by atoms with van der Waals surface area (Å²) in [6, 6.07) is 0. The fourth-order valence-corrected chi connectivity index (χ4v) is 2.17. The highest BCUT2D eigenvalue weighted by atomic mass is 31.0. The number of nitrogens with one attached hydrogen (secondary N) is 1. The summed E-state index contributed by atoms with van der Waals surface area (Å²) >= 11 is 0. The summed E-state index contributed by atoms with van der Waals surface area (Å²) in [5.41, 5.74) is 4.33. The Morgan fingerprint density at radius 2 is 1.93 bits per heavy atom. The summed E-state index contributed by atoms with van der Waals surface area (Å²) in [7, 11) is 2.91. The van der Waals surface area contributed by atoms with Gasteiger partial charge in [-0.2, -0.15) is 0 Å². The van der Waals surface area contributed by atoms with Gasteiger partial charge in [-0.3, -0.25) is 5.43 Å². The molecule has 0 spiro atoms. The Kier molecular flexibility index (Phi) is 9.79. The Morgan fingerprint density at radius 1 is 1.33 bits per heavy atom. The lowest BCUT2D eigenvalue weighted by Gasteiger charge is -2.20. The summed E-state index contributed by atoms with van der Waals surface area (Å²) in [5, 5.41) is 2.37. The number of hydrogen-bond donors (Lipinski definition) is 1. The quantitative estimate of drug-likeness (QED) is 0.733. The maximum atomic E-state index is 3.53. The van der Waals surface area contributed by atoms with Gasteiger partial charge >= 0.3 is 0 Å². The van der Waals surface area contributed by atoms with Gasteiger partial charge in [0.05, 0.1) is 0 Å². The second-order valence-corrected chi connectivity index (χ2v) is 4.98. The Bertz CT molecular complexity index is 138. The minimum atomic E-state index is 0.800. The average molecular weight is 232 g/mol. The minimum Gasteiger partial charge on any atom is -0.255 e. The van der Waals surface area contributed by atoms with Crippen LogP contribution in [0.1, 0.15) is 47.0 Å². The maximum Gasteiger partial charge on any atom is 0.0194 e. The summed E-state index contributed by atoms with van der Waals surface area (Å²) in [4.78, 5) is 0. The average Bonchev–Trinajstić information content (AvgIpc) is 2.69. The van der Waals surface area contributed by atoms with Crippen molar-refractivity contribution >= 4 is 9.24 Å². The number of nitrogens with zero attached hydrogens (tertiary/aromatic N) is 1. The fraction of sp³-hybridized carbons (Fsp3) is 1.00. The molecule has 1 heterocycles. The fourth-order valence-electron chi connectivity index (χ4n) is 1.77. The van der Waals surface area contributed by atoms with E-state index >= 15 is 0 Å². The molecule has 92 valence electrons. The van der Waals surface area contributed by atoms with Crippen LogP contribution in [0.5, 0.6) is 0 Å². The number of rotatable bonds is 5. The minimum absolute atomic E-state index is 0.800. The van der Waals surface area contributed by atoms with E-state index in [1.54, 1.807) is 0 Å². The zero-order valence-corrected chi connectivity index (χ0v) is 12.1. The molecule has 1 fully saturated rings. The Morgan fingerprint density at radius 3 is 2.33 bits per heavy atom. The van der Waals surface area contributed by atoms with E-state index < -0.39 is 0 Å². The van der Waals surface area contributed by atoms with Crippen molar-refractivity contribution in [2.24, 2.45) is 5.92 Å². The van der Waals surface area contributed by atoms with Crippen LogP contribution in [0.3, 0.4) is 0 Å². The largest absolute Gasteiger partial charge is 0.255 e. The van der Waals surface area contributed by atoms with E-state index in [4.69, 9.17) is 0 Å². The summed E-state index contributed by atoms with van der Waals surface area (Å²) in [6.07, 6.45) is 3.91. The van der Waals surface area contributed by atoms with Crippen LogP contribution in [0.2, 0.25) is 0 Å². The molecule has 1 N–H and O–H groups in total. The van der Waals surface area contributed by atoms with Crippen LogP contribution < -0.4 is 5.43 Å². The summed E-state index contributed by atoms with van der Waals surface area (Å²) < 4.78 is 0. The Labute approximate surface area is 98.4 Å². The van der Waals surface area contributed by atoms with Crippen LogP contribution in [-0.2, 0) is 0 Å². The molecule has 2 nitrogen and oxygen atoms in total. The molecule has 2 unspecified atom stereocenters. The second-order valence-electron chi connectivity index (χ2n) is 4.04. The first kappa shape index (κ1) is 15.3. The van der Waals surface area contributed by atoms with Crippen molar-refractivity contribution in [1.29, 1.82) is 0 Å². The van der Waals surface area contributed by atoms with Gasteiger partial charge in [-0.15, -0.1) is 9.24 Å². The molecule has 2 atom stereocenters. The molecule has 0 aromatic carbocycles. The Balaban J connectivity index is 0.000000921. The molecule has 15 heavy (non-hydrogen) atoms. The Hall–Kier alpha value is 0.350. The highest BCUT2D eigenvalue weighted by molar-refractivity contribution is 7.17. The summed E-state index contributed by atoms with van der Waals surface area (Å²) in [5.74, 6) is 0.851. The van der Waals surface area contributed by atoms with Crippen LogP contribution >= 0.6 is 9.24 Å². The molecule has 0 amide bonds. The van der Waals surface area contributed by atoms with Gasteiger partial charge in [0.2, 0.25) is 0 Å². The van der Waals surface area contributed by atoms with Crippen molar-refractivity contribution in [2.75, 3.05) is 19.6 Å². The maximum absolute atomic E-state index is 3.53. The van der Waals surface area contributed by atoms with Crippen molar-refractivity contribution in [1.82, 2.24) is 10.4 Å². The van der Waals surface area contributed by atoms with Gasteiger partial charge in [0, 0.05) is 19.6 Å². The molecular weight excluding hydrogens is 203 g/mol. The topological polar surface area (TPSA) is 15.3 Å². The first-order valence-electron chi connectivity index (χ1n) is 6.50. The normalized spacial score (nSPS) is 21.6. The van der Waals surface area contributed by atoms with Crippen LogP contribution in [0.25, 0.3) is 0 Å². The molecule has 3 heteroatoms. The van der Waals surface area contributed by atoms with Crippen LogP contribution in [0.4, 0.5) is 0 Å². The molecule has 1 aliphatic rings. The van der Waals surface area contributed by atoms with E-state index in [0.717, 1.165) is 18.1 Å². The van der Waals surface area contributed by atoms with Gasteiger partial charge < -0.3 is 0 Å². The van der Waals surface area contributed by atoms with E-state index in [2.05, 4.69) is 33.5 Å².